The number of aliphatic carboxylic acids is 1. The molecule has 2 rings (SSSR count). The van der Waals surface area contributed by atoms with Crippen molar-refractivity contribution in [2.75, 3.05) is 40.4 Å². The molecule has 1 aromatic rings. The second kappa shape index (κ2) is 8.47. The van der Waals surface area contributed by atoms with Crippen molar-refractivity contribution >= 4 is 12.1 Å². The van der Waals surface area contributed by atoms with Gasteiger partial charge in [-0.3, -0.25) is 4.90 Å². The number of piperazine rings is 1. The van der Waals surface area contributed by atoms with Gasteiger partial charge < -0.3 is 29.0 Å². The molecule has 1 aromatic carbocycles. The monoisotopic (exact) mass is 380 g/mol. The highest BCUT2D eigenvalue weighted by Gasteiger charge is 2.33. The van der Waals surface area contributed by atoms with Crippen molar-refractivity contribution in [3.8, 4) is 11.5 Å². The lowest BCUT2D eigenvalue weighted by Crippen LogP contribution is -3.16. The van der Waals surface area contributed by atoms with Crippen LogP contribution in [0.3, 0.4) is 0 Å². The summed E-state index contributed by atoms with van der Waals surface area (Å²) in [7, 11) is 3.02. The maximum atomic E-state index is 12.2. The fourth-order valence-electron chi connectivity index (χ4n) is 3.16. The fourth-order valence-corrected chi connectivity index (χ4v) is 3.16. The van der Waals surface area contributed by atoms with Gasteiger partial charge in [-0.25, -0.2) is 4.79 Å². The van der Waals surface area contributed by atoms with Crippen LogP contribution >= 0.6 is 0 Å². The number of amides is 1. The zero-order chi connectivity index (χ0) is 20.2. The highest BCUT2D eigenvalue weighted by Crippen LogP contribution is 2.29. The van der Waals surface area contributed by atoms with Gasteiger partial charge in [-0.1, -0.05) is 0 Å². The van der Waals surface area contributed by atoms with Gasteiger partial charge >= 0.3 is 6.09 Å². The Kier molecular flexibility index (Phi) is 6.54. The van der Waals surface area contributed by atoms with Crippen molar-refractivity contribution in [2.45, 2.75) is 32.4 Å². The number of carboxylic acid groups (broad SMARTS) is 1. The van der Waals surface area contributed by atoms with E-state index in [2.05, 4.69) is 0 Å². The second-order valence-electron chi connectivity index (χ2n) is 7.49. The van der Waals surface area contributed by atoms with Crippen LogP contribution in [-0.4, -0.2) is 63.0 Å². The number of carboxylic acids is 1. The number of quaternary nitrogens is 1. The second-order valence-corrected chi connectivity index (χ2v) is 7.49. The predicted molar refractivity (Wildman–Crippen MR) is 95.8 cm³/mol. The molecule has 0 aliphatic carbocycles. The number of nitrogens with one attached hydrogen (secondary N) is 1. The lowest BCUT2D eigenvalue weighted by atomic mass is 10.0. The van der Waals surface area contributed by atoms with Gasteiger partial charge in [0.25, 0.3) is 0 Å². The minimum atomic E-state index is -1.16. The van der Waals surface area contributed by atoms with E-state index in [1.165, 1.54) is 14.2 Å². The first-order chi connectivity index (χ1) is 12.7. The molecule has 1 amide bonds. The molecule has 0 bridgehead atoms. The van der Waals surface area contributed by atoms with Crippen LogP contribution < -0.4 is 19.5 Å². The number of ether oxygens (including phenoxy) is 3. The molecule has 1 atom stereocenters. The van der Waals surface area contributed by atoms with Crippen LogP contribution in [0.25, 0.3) is 0 Å². The third-order valence-electron chi connectivity index (χ3n) is 4.44. The van der Waals surface area contributed by atoms with E-state index in [-0.39, 0.29) is 6.09 Å². The minimum absolute atomic E-state index is 0.377. The minimum Gasteiger partial charge on any atom is -0.544 e. The molecule has 0 spiro atoms. The smallest absolute Gasteiger partial charge is 0.410 e. The summed E-state index contributed by atoms with van der Waals surface area (Å²) in [5.41, 5.74) is 0.0159. The molecule has 1 aliphatic rings. The zero-order valence-electron chi connectivity index (χ0n) is 16.5. The molecule has 8 nitrogen and oxygen atoms in total. The summed E-state index contributed by atoms with van der Waals surface area (Å²) in [5, 5.41) is 11.8. The molecule has 27 heavy (non-hydrogen) atoms. The Morgan fingerprint density at radius 3 is 2.19 bits per heavy atom. The number of nitrogens with zero attached hydrogens (tertiary/aromatic N) is 1. The Morgan fingerprint density at radius 1 is 1.11 bits per heavy atom. The number of hydrogen-bond donors (Lipinski definition) is 1. The van der Waals surface area contributed by atoms with Gasteiger partial charge in [0.2, 0.25) is 0 Å². The summed E-state index contributed by atoms with van der Waals surface area (Å²) < 4.78 is 15.9. The summed E-state index contributed by atoms with van der Waals surface area (Å²) in [5.74, 6) is -0.168. The average Bonchev–Trinajstić information content (AvgIpc) is 2.60. The molecule has 0 saturated carbocycles. The van der Waals surface area contributed by atoms with Crippen LogP contribution in [0, 0.1) is 0 Å². The van der Waals surface area contributed by atoms with Crippen LogP contribution in [0.4, 0.5) is 4.79 Å². The molecule has 1 aliphatic heterocycles. The molecule has 0 radical (unpaired) electrons. The summed E-state index contributed by atoms with van der Waals surface area (Å²) in [6.07, 6.45) is -0.377. The fraction of sp³-hybridized carbons (Fsp3) is 0.579. The maximum absolute atomic E-state index is 12.2. The first kappa shape index (κ1) is 20.8. The number of carbonyl (C=O) groups is 2. The number of benzene rings is 1. The van der Waals surface area contributed by atoms with Crippen LogP contribution in [0.15, 0.2) is 18.2 Å². The maximum Gasteiger partial charge on any atom is 0.410 e. The van der Waals surface area contributed by atoms with E-state index in [9.17, 15) is 14.7 Å². The molecule has 1 heterocycles. The SMILES string of the molecule is COc1ccc([C@H](C(=O)[O-])[NH+]2CCN(C(=O)OC(C)(C)C)CC2)cc1OC. The van der Waals surface area contributed by atoms with Crippen molar-refractivity contribution in [2.24, 2.45) is 0 Å². The molecule has 0 aromatic heterocycles. The van der Waals surface area contributed by atoms with Crippen molar-refractivity contribution in [3.05, 3.63) is 23.8 Å². The van der Waals surface area contributed by atoms with E-state index >= 15 is 0 Å². The molecule has 1 saturated heterocycles. The molecule has 150 valence electrons. The van der Waals surface area contributed by atoms with E-state index in [0.29, 0.717) is 43.2 Å². The lowest BCUT2D eigenvalue weighted by Gasteiger charge is -2.37. The molecule has 1 fully saturated rings. The summed E-state index contributed by atoms with van der Waals surface area (Å²) >= 11 is 0. The summed E-state index contributed by atoms with van der Waals surface area (Å²) in [6.45, 7) is 7.24. The van der Waals surface area contributed by atoms with Crippen molar-refractivity contribution in [3.63, 3.8) is 0 Å². The van der Waals surface area contributed by atoms with E-state index in [1.54, 1.807) is 23.1 Å². The van der Waals surface area contributed by atoms with Gasteiger partial charge in [0.1, 0.15) is 11.6 Å². The normalized spacial score (nSPS) is 16.6. The highest BCUT2D eigenvalue weighted by molar-refractivity contribution is 5.72. The molecule has 8 heteroatoms. The first-order valence-electron chi connectivity index (χ1n) is 8.91. The third-order valence-corrected chi connectivity index (χ3v) is 4.44. The Bertz CT molecular complexity index is 677. The van der Waals surface area contributed by atoms with Gasteiger partial charge in [-0.2, -0.15) is 0 Å². The Morgan fingerprint density at radius 2 is 1.70 bits per heavy atom. The van der Waals surface area contributed by atoms with Crippen molar-refractivity contribution in [1.82, 2.24) is 4.90 Å². The number of carbonyl (C=O) groups excluding carboxylic acids is 2. The first-order valence-corrected chi connectivity index (χ1v) is 8.91. The number of hydrogen-bond acceptors (Lipinski definition) is 6. The topological polar surface area (TPSA) is 92.6 Å². The van der Waals surface area contributed by atoms with Crippen molar-refractivity contribution in [1.29, 1.82) is 0 Å². The van der Waals surface area contributed by atoms with E-state index in [1.807, 2.05) is 20.8 Å². The molecule has 1 N–H and O–H groups in total. The quantitative estimate of drug-likeness (QED) is 0.749. The standard InChI is InChI=1S/C19H28N2O6/c1-19(2,3)27-18(24)21-10-8-20(9-11-21)16(17(22)23)13-6-7-14(25-4)15(12-13)26-5/h6-7,12,16H,8-11H2,1-5H3,(H,22,23)/t16-/m1/s1. The molecule has 0 unspecified atom stereocenters. The van der Waals surface area contributed by atoms with Gasteiger partial charge in [0.15, 0.2) is 17.5 Å². The van der Waals surface area contributed by atoms with Gasteiger partial charge in [-0.15, -0.1) is 0 Å². The third kappa shape index (κ3) is 5.26. The number of methoxy groups -OCH3 is 2. The molecular weight excluding hydrogens is 352 g/mol. The van der Waals surface area contributed by atoms with E-state index in [4.69, 9.17) is 14.2 Å². The Hall–Kier alpha value is -2.48. The summed E-state index contributed by atoms with van der Waals surface area (Å²) in [6, 6.07) is 4.19. The number of rotatable bonds is 5. The largest absolute Gasteiger partial charge is 0.544 e. The lowest BCUT2D eigenvalue weighted by molar-refractivity contribution is -0.928. The summed E-state index contributed by atoms with van der Waals surface area (Å²) in [4.78, 5) is 26.5. The van der Waals surface area contributed by atoms with E-state index in [0.717, 1.165) is 4.90 Å². The predicted octanol–water partition coefficient (Wildman–Crippen LogP) is -0.370. The van der Waals surface area contributed by atoms with Crippen LogP contribution in [0.2, 0.25) is 0 Å². The molecular formula is C19H28N2O6. The van der Waals surface area contributed by atoms with E-state index < -0.39 is 17.6 Å². The van der Waals surface area contributed by atoms with Gasteiger partial charge in [0.05, 0.1) is 40.4 Å². The van der Waals surface area contributed by atoms with Crippen LogP contribution in [-0.2, 0) is 9.53 Å². The highest BCUT2D eigenvalue weighted by atomic mass is 16.6. The average molecular weight is 380 g/mol. The zero-order valence-corrected chi connectivity index (χ0v) is 16.5. The Labute approximate surface area is 159 Å². The Balaban J connectivity index is 2.11. The van der Waals surface area contributed by atoms with Crippen molar-refractivity contribution < 1.29 is 33.8 Å². The van der Waals surface area contributed by atoms with Crippen LogP contribution in [0.1, 0.15) is 32.4 Å². The van der Waals surface area contributed by atoms with Gasteiger partial charge in [0, 0.05) is 5.56 Å². The van der Waals surface area contributed by atoms with Gasteiger partial charge in [-0.05, 0) is 39.0 Å². The van der Waals surface area contributed by atoms with Crippen LogP contribution in [0.5, 0.6) is 11.5 Å².